The summed E-state index contributed by atoms with van der Waals surface area (Å²) in [5.74, 6) is 1.06. The summed E-state index contributed by atoms with van der Waals surface area (Å²) in [4.78, 5) is 28.1. The van der Waals surface area contributed by atoms with Crippen LogP contribution < -0.4 is 5.56 Å². The lowest BCUT2D eigenvalue weighted by Gasteiger charge is -2.14. The first-order chi connectivity index (χ1) is 14.0. The van der Waals surface area contributed by atoms with Crippen LogP contribution in [0.3, 0.4) is 0 Å². The molecule has 4 aromatic rings. The van der Waals surface area contributed by atoms with Gasteiger partial charge in [0.15, 0.2) is 11.3 Å². The second kappa shape index (κ2) is 6.91. The normalized spacial score (nSPS) is 17.3. The highest BCUT2D eigenvalue weighted by molar-refractivity contribution is 6.04. The quantitative estimate of drug-likeness (QED) is 0.533. The summed E-state index contributed by atoms with van der Waals surface area (Å²) in [6, 6.07) is 7.77. The van der Waals surface area contributed by atoms with Gasteiger partial charge in [-0.25, -0.2) is 15.0 Å². The maximum atomic E-state index is 13.5. The molecule has 1 atom stereocenters. The van der Waals surface area contributed by atoms with Crippen molar-refractivity contribution in [2.75, 3.05) is 6.61 Å². The molecule has 29 heavy (non-hydrogen) atoms. The van der Waals surface area contributed by atoms with E-state index in [1.165, 1.54) is 0 Å². The van der Waals surface area contributed by atoms with Crippen LogP contribution in [0.5, 0.6) is 0 Å². The molecule has 3 aromatic heterocycles. The lowest BCUT2D eigenvalue weighted by Crippen LogP contribution is -2.26. The van der Waals surface area contributed by atoms with Crippen LogP contribution >= 0.6 is 0 Å². The van der Waals surface area contributed by atoms with E-state index < -0.39 is 0 Å². The minimum Gasteiger partial charge on any atom is -0.376 e. The number of para-hydroxylation sites is 2. The Balaban J connectivity index is 1.86. The molecule has 7 nitrogen and oxygen atoms in total. The van der Waals surface area contributed by atoms with E-state index in [0.29, 0.717) is 41.2 Å². The van der Waals surface area contributed by atoms with E-state index in [-0.39, 0.29) is 11.7 Å². The first kappa shape index (κ1) is 18.2. The summed E-state index contributed by atoms with van der Waals surface area (Å²) in [6.45, 7) is 8.15. The number of ether oxygens (including phenoxy) is 1. The monoisotopic (exact) mass is 391 g/mol. The van der Waals surface area contributed by atoms with Gasteiger partial charge in [-0.3, -0.25) is 9.36 Å². The summed E-state index contributed by atoms with van der Waals surface area (Å²) >= 11 is 0. The summed E-state index contributed by atoms with van der Waals surface area (Å²) in [7, 11) is 0. The molecule has 1 aliphatic rings. The molecule has 0 radical (unpaired) electrons. The minimum absolute atomic E-state index is 0.0399. The van der Waals surface area contributed by atoms with Crippen molar-refractivity contribution in [2.24, 2.45) is 5.92 Å². The molecule has 0 saturated carbocycles. The molecule has 150 valence electrons. The molecule has 1 aromatic carbocycles. The molecule has 4 heterocycles. The summed E-state index contributed by atoms with van der Waals surface area (Å²) in [5.41, 5.74) is 3.56. The number of aromatic nitrogens is 5. The van der Waals surface area contributed by atoms with E-state index >= 15 is 0 Å². The van der Waals surface area contributed by atoms with Gasteiger partial charge in [0.05, 0.1) is 23.7 Å². The molecule has 0 N–H and O–H groups in total. The van der Waals surface area contributed by atoms with Crippen LogP contribution in [0, 0.1) is 12.8 Å². The molecule has 7 heteroatoms. The predicted molar refractivity (Wildman–Crippen MR) is 113 cm³/mol. The molecule has 0 unspecified atom stereocenters. The zero-order chi connectivity index (χ0) is 20.1. The fourth-order valence-electron chi connectivity index (χ4n) is 4.24. The number of hydrogen-bond acceptors (Lipinski definition) is 5. The van der Waals surface area contributed by atoms with Crippen LogP contribution in [0.25, 0.3) is 33.2 Å². The average Bonchev–Trinajstić information content (AvgIpc) is 3.30. The van der Waals surface area contributed by atoms with Crippen LogP contribution in [0.1, 0.15) is 32.5 Å². The van der Waals surface area contributed by atoms with Gasteiger partial charge < -0.3 is 9.30 Å². The van der Waals surface area contributed by atoms with Crippen molar-refractivity contribution in [2.45, 2.75) is 52.8 Å². The van der Waals surface area contributed by atoms with Crippen LogP contribution in [-0.4, -0.2) is 36.8 Å². The van der Waals surface area contributed by atoms with Gasteiger partial charge in [0, 0.05) is 13.2 Å². The van der Waals surface area contributed by atoms with Gasteiger partial charge in [-0.05, 0) is 37.8 Å². The van der Waals surface area contributed by atoms with Gasteiger partial charge in [0.25, 0.3) is 5.56 Å². The fraction of sp³-hybridized carbons (Fsp3) is 0.455. The molecule has 0 bridgehead atoms. The third kappa shape index (κ3) is 3.00. The Bertz CT molecular complexity index is 1280. The smallest absolute Gasteiger partial charge is 0.265 e. The molecular weight excluding hydrogens is 366 g/mol. The first-order valence-corrected chi connectivity index (χ1v) is 10.3. The highest BCUT2D eigenvalue weighted by Crippen LogP contribution is 2.27. The van der Waals surface area contributed by atoms with Crippen molar-refractivity contribution < 1.29 is 4.74 Å². The summed E-state index contributed by atoms with van der Waals surface area (Å²) < 4.78 is 9.67. The Hall–Kier alpha value is -2.80. The maximum Gasteiger partial charge on any atom is 0.265 e. The van der Waals surface area contributed by atoms with Crippen molar-refractivity contribution in [3.8, 4) is 0 Å². The van der Waals surface area contributed by atoms with Crippen molar-refractivity contribution in [3.05, 3.63) is 40.4 Å². The van der Waals surface area contributed by atoms with E-state index in [1.54, 1.807) is 4.57 Å². The fourth-order valence-corrected chi connectivity index (χ4v) is 4.24. The average molecular weight is 391 g/mol. The van der Waals surface area contributed by atoms with Gasteiger partial charge in [-0.2, -0.15) is 0 Å². The van der Waals surface area contributed by atoms with Crippen molar-refractivity contribution in [3.63, 3.8) is 0 Å². The number of benzene rings is 1. The van der Waals surface area contributed by atoms with Crippen molar-refractivity contribution in [1.82, 2.24) is 24.1 Å². The van der Waals surface area contributed by atoms with E-state index in [2.05, 4.69) is 13.8 Å². The number of fused-ring (bicyclic) bond motifs is 4. The summed E-state index contributed by atoms with van der Waals surface area (Å²) in [6.07, 6.45) is 2.18. The molecule has 0 spiro atoms. The van der Waals surface area contributed by atoms with Crippen LogP contribution in [0.15, 0.2) is 29.1 Å². The standard InChI is InChI=1S/C22H25N5O2/c1-13(2)11-26-14(3)23-20-18(22(26)28)19-21(27(20)12-15-7-6-10-29-15)25-17-9-5-4-8-16(17)24-19/h4-5,8-9,13,15H,6-7,10-12H2,1-3H3/t15-/m1/s1. The van der Waals surface area contributed by atoms with E-state index in [0.717, 1.165) is 36.3 Å². The summed E-state index contributed by atoms with van der Waals surface area (Å²) in [5, 5.41) is 0.558. The highest BCUT2D eigenvalue weighted by Gasteiger charge is 2.24. The molecule has 1 fully saturated rings. The van der Waals surface area contributed by atoms with Crippen LogP contribution in [0.2, 0.25) is 0 Å². The van der Waals surface area contributed by atoms with Crippen molar-refractivity contribution >= 4 is 33.2 Å². The largest absolute Gasteiger partial charge is 0.376 e. The SMILES string of the molecule is Cc1nc2c(c(=O)n1CC(C)C)c1nc3ccccc3nc1n2C[C@H]1CCCO1. The second-order valence-electron chi connectivity index (χ2n) is 8.30. The molecule has 1 saturated heterocycles. The number of rotatable bonds is 4. The Morgan fingerprint density at radius 1 is 1.10 bits per heavy atom. The van der Waals surface area contributed by atoms with Gasteiger partial charge in [-0.15, -0.1) is 0 Å². The number of hydrogen-bond donors (Lipinski definition) is 0. The van der Waals surface area contributed by atoms with E-state index in [1.807, 2.05) is 35.8 Å². The van der Waals surface area contributed by atoms with Gasteiger partial charge in [-0.1, -0.05) is 26.0 Å². The van der Waals surface area contributed by atoms with Gasteiger partial charge in [0.2, 0.25) is 0 Å². The molecule has 5 rings (SSSR count). The molecular formula is C22H25N5O2. The number of nitrogens with zero attached hydrogens (tertiary/aromatic N) is 5. The van der Waals surface area contributed by atoms with E-state index in [9.17, 15) is 4.79 Å². The lowest BCUT2D eigenvalue weighted by molar-refractivity contribution is 0.0986. The Labute approximate surface area is 168 Å². The molecule has 1 aliphatic heterocycles. The third-order valence-electron chi connectivity index (χ3n) is 5.60. The Morgan fingerprint density at radius 2 is 1.86 bits per heavy atom. The molecule has 0 aliphatic carbocycles. The van der Waals surface area contributed by atoms with Crippen molar-refractivity contribution in [1.29, 1.82) is 0 Å². The van der Waals surface area contributed by atoms with Crippen LogP contribution in [0.4, 0.5) is 0 Å². The zero-order valence-corrected chi connectivity index (χ0v) is 17.1. The topological polar surface area (TPSA) is 74.8 Å². The van der Waals surface area contributed by atoms with Gasteiger partial charge >= 0.3 is 0 Å². The second-order valence-corrected chi connectivity index (χ2v) is 8.30. The zero-order valence-electron chi connectivity index (χ0n) is 17.1. The maximum absolute atomic E-state index is 13.5. The third-order valence-corrected chi connectivity index (χ3v) is 5.60. The number of aryl methyl sites for hydroxylation is 1. The van der Waals surface area contributed by atoms with Gasteiger partial charge in [0.1, 0.15) is 16.7 Å². The van der Waals surface area contributed by atoms with Crippen LogP contribution in [-0.2, 0) is 17.8 Å². The first-order valence-electron chi connectivity index (χ1n) is 10.3. The Morgan fingerprint density at radius 3 is 2.55 bits per heavy atom. The minimum atomic E-state index is -0.0399. The Kier molecular flexibility index (Phi) is 4.35. The van der Waals surface area contributed by atoms with E-state index in [4.69, 9.17) is 19.7 Å². The highest BCUT2D eigenvalue weighted by atomic mass is 16.5. The molecule has 0 amide bonds. The predicted octanol–water partition coefficient (Wildman–Crippen LogP) is 3.44. The lowest BCUT2D eigenvalue weighted by atomic mass is 10.2.